The van der Waals surface area contributed by atoms with E-state index in [-0.39, 0.29) is 5.91 Å². The van der Waals surface area contributed by atoms with Gasteiger partial charge >= 0.3 is 0 Å². The molecule has 2 aromatic carbocycles. The molecule has 0 radical (unpaired) electrons. The van der Waals surface area contributed by atoms with Crippen LogP contribution in [0.4, 0.5) is 11.8 Å². The van der Waals surface area contributed by atoms with Crippen LogP contribution in [0, 0.1) is 5.92 Å². The zero-order valence-electron chi connectivity index (χ0n) is 21.0. The van der Waals surface area contributed by atoms with Gasteiger partial charge in [-0.05, 0) is 49.3 Å². The Hall–Kier alpha value is -3.87. The van der Waals surface area contributed by atoms with E-state index in [0.29, 0.717) is 24.5 Å². The number of nitrogens with one attached hydrogen (secondary N) is 2. The molecule has 1 saturated carbocycles. The summed E-state index contributed by atoms with van der Waals surface area (Å²) < 4.78 is 2.17. The van der Waals surface area contributed by atoms with Gasteiger partial charge in [0.15, 0.2) is 0 Å². The van der Waals surface area contributed by atoms with E-state index in [0.717, 1.165) is 54.5 Å². The van der Waals surface area contributed by atoms with Gasteiger partial charge in [0, 0.05) is 56.5 Å². The molecule has 7 heteroatoms. The number of rotatable bonds is 8. The molecule has 2 aromatic heterocycles. The number of carbonyl (C=O) groups excluding carboxylic acids is 1. The Bertz CT molecular complexity index is 1310. The van der Waals surface area contributed by atoms with Gasteiger partial charge in [-0.2, -0.15) is 4.98 Å². The van der Waals surface area contributed by atoms with Crippen molar-refractivity contribution < 1.29 is 4.79 Å². The summed E-state index contributed by atoms with van der Waals surface area (Å²) in [6.45, 7) is 1.45. The average Bonchev–Trinajstić information content (AvgIpc) is 3.27. The first-order valence-electron chi connectivity index (χ1n) is 12.7. The number of fused-ring (bicyclic) bond motifs is 1. The number of carbonyl (C=O) groups is 1. The fourth-order valence-electron chi connectivity index (χ4n) is 5.03. The topological polar surface area (TPSA) is 75.1 Å². The minimum atomic E-state index is 0.00663. The highest BCUT2D eigenvalue weighted by Gasteiger charge is 2.23. The van der Waals surface area contributed by atoms with Crippen LogP contribution in [0.2, 0.25) is 0 Å². The Morgan fingerprint density at radius 3 is 2.53 bits per heavy atom. The Labute approximate surface area is 212 Å². The van der Waals surface area contributed by atoms with Crippen molar-refractivity contribution >= 4 is 28.6 Å². The maximum atomic E-state index is 13.2. The summed E-state index contributed by atoms with van der Waals surface area (Å²) in [6.07, 6.45) is 8.03. The third kappa shape index (κ3) is 5.51. The first kappa shape index (κ1) is 23.9. The first-order chi connectivity index (χ1) is 17.6. The largest absolute Gasteiger partial charge is 0.363 e. The van der Waals surface area contributed by atoms with E-state index in [1.165, 1.54) is 5.56 Å². The Balaban J connectivity index is 1.17. The zero-order chi connectivity index (χ0) is 24.9. The van der Waals surface area contributed by atoms with Crippen LogP contribution >= 0.6 is 0 Å². The summed E-state index contributed by atoms with van der Waals surface area (Å²) in [5.74, 6) is 2.07. The predicted octanol–water partition coefficient (Wildman–Crippen LogP) is 4.95. The van der Waals surface area contributed by atoms with Gasteiger partial charge < -0.3 is 20.1 Å². The highest BCUT2D eigenvalue weighted by atomic mass is 16.1. The van der Waals surface area contributed by atoms with E-state index in [2.05, 4.69) is 43.4 Å². The standard InChI is InChI=1S/C29H34N6O/c1-34(2)27-16-17-30-29(33-27)32-23-14-12-21(13-15-23)18-31-28(36)25-20-35(19-22-8-4-3-5-9-22)26-11-7-6-10-24(25)26/h3-11,16-17,20-21,23H,12-15,18-19H2,1-2H3,(H,31,36)(H,30,32,33). The molecule has 36 heavy (non-hydrogen) atoms. The van der Waals surface area contributed by atoms with Crippen LogP contribution in [0.5, 0.6) is 0 Å². The predicted molar refractivity (Wildman–Crippen MR) is 146 cm³/mol. The number of nitrogens with zero attached hydrogens (tertiary/aromatic N) is 4. The summed E-state index contributed by atoms with van der Waals surface area (Å²) in [6, 6.07) is 20.8. The minimum absolute atomic E-state index is 0.00663. The fraction of sp³-hybridized carbons (Fsp3) is 0.345. The third-order valence-electron chi connectivity index (χ3n) is 7.06. The summed E-state index contributed by atoms with van der Waals surface area (Å²) in [5, 5.41) is 7.71. The van der Waals surface area contributed by atoms with Crippen LogP contribution in [0.3, 0.4) is 0 Å². The van der Waals surface area contributed by atoms with Crippen LogP contribution in [-0.2, 0) is 6.54 Å². The zero-order valence-corrected chi connectivity index (χ0v) is 21.0. The van der Waals surface area contributed by atoms with Gasteiger partial charge in [0.25, 0.3) is 5.91 Å². The van der Waals surface area contributed by atoms with Gasteiger partial charge in [0.2, 0.25) is 5.95 Å². The number of hydrogen-bond donors (Lipinski definition) is 2. The van der Waals surface area contributed by atoms with Crippen molar-refractivity contribution in [1.29, 1.82) is 0 Å². The van der Waals surface area contributed by atoms with E-state index >= 15 is 0 Å². The van der Waals surface area contributed by atoms with Crippen molar-refractivity contribution in [1.82, 2.24) is 19.9 Å². The molecule has 2 heterocycles. The van der Waals surface area contributed by atoms with Crippen LogP contribution < -0.4 is 15.5 Å². The number of benzene rings is 2. The van der Waals surface area contributed by atoms with Gasteiger partial charge in [0.05, 0.1) is 5.56 Å². The Kier molecular flexibility index (Phi) is 7.16. The summed E-state index contributed by atoms with van der Waals surface area (Å²) in [4.78, 5) is 24.1. The maximum absolute atomic E-state index is 13.2. The van der Waals surface area contributed by atoms with Crippen LogP contribution in [0.25, 0.3) is 10.9 Å². The van der Waals surface area contributed by atoms with E-state index in [1.54, 1.807) is 6.20 Å². The lowest BCUT2D eigenvalue weighted by molar-refractivity contribution is 0.0944. The molecular weight excluding hydrogens is 448 g/mol. The number of anilines is 2. The molecule has 0 spiro atoms. The monoisotopic (exact) mass is 482 g/mol. The van der Waals surface area contributed by atoms with E-state index in [1.807, 2.05) is 67.7 Å². The quantitative estimate of drug-likeness (QED) is 0.372. The lowest BCUT2D eigenvalue weighted by atomic mass is 9.86. The van der Waals surface area contributed by atoms with Gasteiger partial charge in [-0.15, -0.1) is 0 Å². The molecule has 5 rings (SSSR count). The lowest BCUT2D eigenvalue weighted by Crippen LogP contribution is -2.34. The van der Waals surface area contributed by atoms with Crippen molar-refractivity contribution in [2.45, 2.75) is 38.3 Å². The molecule has 1 aliphatic carbocycles. The second kappa shape index (κ2) is 10.8. The van der Waals surface area contributed by atoms with E-state index in [9.17, 15) is 4.79 Å². The lowest BCUT2D eigenvalue weighted by Gasteiger charge is -2.29. The third-order valence-corrected chi connectivity index (χ3v) is 7.06. The van der Waals surface area contributed by atoms with Crippen LogP contribution in [0.1, 0.15) is 41.6 Å². The van der Waals surface area contributed by atoms with Crippen molar-refractivity contribution in [2.75, 3.05) is 30.9 Å². The molecule has 7 nitrogen and oxygen atoms in total. The maximum Gasteiger partial charge on any atom is 0.253 e. The average molecular weight is 483 g/mol. The molecule has 186 valence electrons. The van der Waals surface area contributed by atoms with Crippen molar-refractivity contribution in [2.24, 2.45) is 5.92 Å². The molecule has 0 aliphatic heterocycles. The molecule has 0 saturated heterocycles. The minimum Gasteiger partial charge on any atom is -0.363 e. The van der Waals surface area contributed by atoms with Crippen molar-refractivity contribution in [3.63, 3.8) is 0 Å². The molecule has 1 amide bonds. The molecular formula is C29H34N6O. The second-order valence-electron chi connectivity index (χ2n) is 9.88. The fourth-order valence-corrected chi connectivity index (χ4v) is 5.03. The molecule has 0 unspecified atom stereocenters. The number of amides is 1. The molecule has 4 aromatic rings. The molecule has 0 atom stereocenters. The van der Waals surface area contributed by atoms with Gasteiger partial charge in [-0.25, -0.2) is 4.98 Å². The van der Waals surface area contributed by atoms with Gasteiger partial charge in [-0.3, -0.25) is 4.79 Å². The Morgan fingerprint density at radius 1 is 1.00 bits per heavy atom. The first-order valence-corrected chi connectivity index (χ1v) is 12.7. The highest BCUT2D eigenvalue weighted by Crippen LogP contribution is 2.27. The SMILES string of the molecule is CN(C)c1ccnc(NC2CCC(CNC(=O)c3cn(Cc4ccccc4)c4ccccc34)CC2)n1. The summed E-state index contributed by atoms with van der Waals surface area (Å²) >= 11 is 0. The van der Waals surface area contributed by atoms with Crippen LogP contribution in [-0.4, -0.2) is 47.1 Å². The molecule has 1 fully saturated rings. The van der Waals surface area contributed by atoms with E-state index in [4.69, 9.17) is 0 Å². The van der Waals surface area contributed by atoms with Crippen molar-refractivity contribution in [3.05, 3.63) is 84.2 Å². The molecule has 2 N–H and O–H groups in total. The number of para-hydroxylation sites is 1. The van der Waals surface area contributed by atoms with Gasteiger partial charge in [-0.1, -0.05) is 48.5 Å². The van der Waals surface area contributed by atoms with Crippen LogP contribution in [0.15, 0.2) is 73.1 Å². The second-order valence-corrected chi connectivity index (χ2v) is 9.88. The smallest absolute Gasteiger partial charge is 0.253 e. The number of hydrogen-bond acceptors (Lipinski definition) is 5. The van der Waals surface area contributed by atoms with E-state index < -0.39 is 0 Å². The van der Waals surface area contributed by atoms with Crippen molar-refractivity contribution in [3.8, 4) is 0 Å². The molecule has 0 bridgehead atoms. The van der Waals surface area contributed by atoms with Gasteiger partial charge in [0.1, 0.15) is 5.82 Å². The highest BCUT2D eigenvalue weighted by molar-refractivity contribution is 6.07. The summed E-state index contributed by atoms with van der Waals surface area (Å²) in [5.41, 5.74) is 3.04. The number of aromatic nitrogens is 3. The Morgan fingerprint density at radius 2 is 1.75 bits per heavy atom. The normalized spacial score (nSPS) is 17.6. The summed E-state index contributed by atoms with van der Waals surface area (Å²) in [7, 11) is 3.96. The molecule has 1 aliphatic rings.